The van der Waals surface area contributed by atoms with Crippen molar-refractivity contribution in [2.24, 2.45) is 0 Å². The first-order valence-electron chi connectivity index (χ1n) is 18.1. The lowest BCUT2D eigenvalue weighted by molar-refractivity contribution is 0.672. The fourth-order valence-corrected chi connectivity index (χ4v) is 7.54. The second-order valence-electron chi connectivity index (χ2n) is 12.5. The predicted molar refractivity (Wildman–Crippen MR) is 208 cm³/mol. The number of hydrogen-bond donors (Lipinski definition) is 0. The molecule has 0 aliphatic heterocycles. The zero-order valence-corrected chi connectivity index (χ0v) is 26.5. The number of rotatable bonds is 4. The molecule has 1 aromatic heterocycles. The molecular weight excluding hydrogens is 593 g/mol. The smallest absolute Gasteiger partial charge is 0.143 e. The van der Waals surface area contributed by atoms with Crippen molar-refractivity contribution in [3.8, 4) is 44.5 Å². The van der Waals surface area contributed by atoms with Gasteiger partial charge in [-0.2, -0.15) is 0 Å². The maximum Gasteiger partial charge on any atom is 0.143 e. The van der Waals surface area contributed by atoms with Crippen molar-refractivity contribution in [1.29, 1.82) is 0 Å². The molecule has 1 heteroatoms. The van der Waals surface area contributed by atoms with Crippen LogP contribution in [0.15, 0.2) is 186 Å². The van der Waals surface area contributed by atoms with E-state index in [0.29, 0.717) is 16.7 Å². The highest BCUT2D eigenvalue weighted by Crippen LogP contribution is 2.46. The summed E-state index contributed by atoms with van der Waals surface area (Å²) in [6.07, 6.45) is 0. The highest BCUT2D eigenvalue weighted by Gasteiger charge is 2.19. The van der Waals surface area contributed by atoms with Crippen molar-refractivity contribution in [1.82, 2.24) is 0 Å². The molecular formula is C48H30O. The summed E-state index contributed by atoms with van der Waals surface area (Å²) in [5, 5.41) is 8.29. The molecule has 9 aromatic carbocycles. The van der Waals surface area contributed by atoms with Gasteiger partial charge in [0.1, 0.15) is 11.2 Å². The second-order valence-corrected chi connectivity index (χ2v) is 12.5. The molecule has 0 atom stereocenters. The molecule has 49 heavy (non-hydrogen) atoms. The minimum absolute atomic E-state index is 0.0464. The SMILES string of the molecule is [2H]c1c([2H])c(-c2ccccc2)c(-c2ccccc2)c([2H])c1-c1c2ccccc2c(-c2ccc3oc4c5ccccc5ccc4c3c2)c2ccccc12. The lowest BCUT2D eigenvalue weighted by Gasteiger charge is -2.19. The number of fused-ring (bicyclic) bond motifs is 7. The van der Waals surface area contributed by atoms with Crippen LogP contribution in [-0.2, 0) is 0 Å². The molecule has 1 heterocycles. The van der Waals surface area contributed by atoms with Gasteiger partial charge in [-0.25, -0.2) is 0 Å². The van der Waals surface area contributed by atoms with Crippen molar-refractivity contribution in [3.63, 3.8) is 0 Å². The number of hydrogen-bond acceptors (Lipinski definition) is 1. The quantitative estimate of drug-likeness (QED) is 0.177. The first kappa shape index (κ1) is 24.7. The Balaban J connectivity index is 1.29. The van der Waals surface area contributed by atoms with Crippen molar-refractivity contribution in [3.05, 3.63) is 182 Å². The van der Waals surface area contributed by atoms with E-state index in [1.807, 2.05) is 84.9 Å². The van der Waals surface area contributed by atoms with Crippen molar-refractivity contribution >= 4 is 54.3 Å². The van der Waals surface area contributed by atoms with E-state index in [-0.39, 0.29) is 18.1 Å². The van der Waals surface area contributed by atoms with Crippen LogP contribution in [0.1, 0.15) is 4.11 Å². The first-order valence-corrected chi connectivity index (χ1v) is 16.6. The maximum absolute atomic E-state index is 9.91. The Kier molecular flexibility index (Phi) is 5.58. The Morgan fingerprint density at radius 1 is 0.367 bits per heavy atom. The third kappa shape index (κ3) is 4.40. The lowest BCUT2D eigenvalue weighted by Crippen LogP contribution is -1.92. The summed E-state index contributed by atoms with van der Waals surface area (Å²) in [6, 6.07) is 55.7. The summed E-state index contributed by atoms with van der Waals surface area (Å²) in [4.78, 5) is 0. The molecule has 10 rings (SSSR count). The van der Waals surface area contributed by atoms with Crippen molar-refractivity contribution < 1.29 is 8.53 Å². The van der Waals surface area contributed by atoms with Gasteiger partial charge in [-0.1, -0.05) is 158 Å². The fourth-order valence-electron chi connectivity index (χ4n) is 7.54. The molecule has 0 aliphatic rings. The Morgan fingerprint density at radius 3 is 1.57 bits per heavy atom. The molecule has 228 valence electrons. The minimum Gasteiger partial charge on any atom is -0.455 e. The molecule has 10 aromatic rings. The van der Waals surface area contributed by atoms with E-state index in [4.69, 9.17) is 4.42 Å². The summed E-state index contributed by atoms with van der Waals surface area (Å²) in [5.41, 5.74) is 8.06. The highest BCUT2D eigenvalue weighted by molar-refractivity contribution is 6.23. The van der Waals surface area contributed by atoms with Crippen LogP contribution in [0, 0.1) is 0 Å². The summed E-state index contributed by atoms with van der Waals surface area (Å²) >= 11 is 0. The van der Waals surface area contributed by atoms with Gasteiger partial charge in [0.2, 0.25) is 0 Å². The van der Waals surface area contributed by atoms with Crippen LogP contribution in [0.2, 0.25) is 0 Å². The molecule has 0 spiro atoms. The largest absolute Gasteiger partial charge is 0.455 e. The molecule has 0 amide bonds. The van der Waals surface area contributed by atoms with E-state index >= 15 is 0 Å². The van der Waals surface area contributed by atoms with Crippen LogP contribution in [0.3, 0.4) is 0 Å². The van der Waals surface area contributed by atoms with E-state index in [0.717, 1.165) is 82.1 Å². The van der Waals surface area contributed by atoms with Crippen LogP contribution < -0.4 is 0 Å². The monoisotopic (exact) mass is 625 g/mol. The summed E-state index contributed by atoms with van der Waals surface area (Å²) in [7, 11) is 0. The molecule has 0 radical (unpaired) electrons. The van der Waals surface area contributed by atoms with Crippen LogP contribution in [0.25, 0.3) is 98.8 Å². The van der Waals surface area contributed by atoms with Gasteiger partial charge in [-0.05, 0) is 95.7 Å². The molecule has 0 N–H and O–H groups in total. The van der Waals surface area contributed by atoms with Gasteiger partial charge in [0.15, 0.2) is 0 Å². The topological polar surface area (TPSA) is 13.1 Å². The predicted octanol–water partition coefficient (Wildman–Crippen LogP) is 13.7. The maximum atomic E-state index is 9.91. The Labute approximate surface area is 288 Å². The van der Waals surface area contributed by atoms with Gasteiger partial charge in [-0.15, -0.1) is 0 Å². The number of furan rings is 1. The molecule has 0 saturated heterocycles. The Bertz CT molecular complexity index is 2980. The summed E-state index contributed by atoms with van der Waals surface area (Å²) in [5.74, 6) is 0. The van der Waals surface area contributed by atoms with Gasteiger partial charge >= 0.3 is 0 Å². The molecule has 1 nitrogen and oxygen atoms in total. The van der Waals surface area contributed by atoms with E-state index in [1.165, 1.54) is 0 Å². The van der Waals surface area contributed by atoms with Crippen molar-refractivity contribution in [2.45, 2.75) is 0 Å². The normalized spacial score (nSPS) is 12.5. The summed E-state index contributed by atoms with van der Waals surface area (Å²) in [6.45, 7) is 0. The van der Waals surface area contributed by atoms with Gasteiger partial charge in [0.05, 0.1) is 4.11 Å². The minimum atomic E-state index is 0.0464. The van der Waals surface area contributed by atoms with Gasteiger partial charge in [-0.3, -0.25) is 0 Å². The average Bonchev–Trinajstić information content (AvgIpc) is 3.58. The summed E-state index contributed by atoms with van der Waals surface area (Å²) < 4.78 is 35.5. The standard InChI is InChI=1S/C48H30O/c1-3-13-31(14-4-1)36-26-24-34(29-43(36)32-15-5-2-6-16-32)46-38-19-9-11-21-40(38)47(41-22-12-10-20-39(41)46)35-25-28-45-44(30-35)42-27-23-33-17-7-8-18-37(33)48(42)49-45/h1-30H/i24D,26D,29D. The lowest BCUT2D eigenvalue weighted by atomic mass is 9.84. The van der Waals surface area contributed by atoms with Gasteiger partial charge < -0.3 is 4.42 Å². The molecule has 0 aliphatic carbocycles. The van der Waals surface area contributed by atoms with Gasteiger partial charge in [0.25, 0.3) is 0 Å². The zero-order valence-electron chi connectivity index (χ0n) is 29.5. The van der Waals surface area contributed by atoms with Crippen LogP contribution in [0.5, 0.6) is 0 Å². The van der Waals surface area contributed by atoms with E-state index in [2.05, 4.69) is 78.9 Å². The first-order chi connectivity index (χ1) is 25.6. The molecule has 0 unspecified atom stereocenters. The zero-order chi connectivity index (χ0) is 34.9. The van der Waals surface area contributed by atoms with Crippen LogP contribution >= 0.6 is 0 Å². The van der Waals surface area contributed by atoms with Crippen molar-refractivity contribution in [2.75, 3.05) is 0 Å². The number of benzene rings is 9. The van der Waals surface area contributed by atoms with E-state index in [1.54, 1.807) is 0 Å². The van der Waals surface area contributed by atoms with Gasteiger partial charge in [0, 0.05) is 16.2 Å². The fraction of sp³-hybridized carbons (Fsp3) is 0. The molecule has 0 bridgehead atoms. The van der Waals surface area contributed by atoms with E-state index < -0.39 is 0 Å². The Hall–Kier alpha value is -6.44. The third-order valence-electron chi connectivity index (χ3n) is 9.77. The average molecular weight is 626 g/mol. The Morgan fingerprint density at radius 2 is 0.918 bits per heavy atom. The second kappa shape index (κ2) is 11.1. The van der Waals surface area contributed by atoms with E-state index in [9.17, 15) is 4.11 Å². The van der Waals surface area contributed by atoms with Crippen LogP contribution in [0.4, 0.5) is 0 Å². The van der Waals surface area contributed by atoms with Crippen LogP contribution in [-0.4, -0.2) is 0 Å². The third-order valence-corrected chi connectivity index (χ3v) is 9.77. The molecule has 0 fully saturated rings. The highest BCUT2D eigenvalue weighted by atomic mass is 16.3. The molecule has 0 saturated carbocycles.